The van der Waals surface area contributed by atoms with Gasteiger partial charge in [-0.05, 0) is 23.3 Å². The molecule has 6 nitrogen and oxygen atoms in total. The number of carboxylic acid groups (broad SMARTS) is 1. The van der Waals surface area contributed by atoms with E-state index in [0.29, 0.717) is 5.56 Å². The van der Waals surface area contributed by atoms with Gasteiger partial charge < -0.3 is 9.63 Å². The molecule has 0 spiro atoms. The zero-order valence-electron chi connectivity index (χ0n) is 12.4. The van der Waals surface area contributed by atoms with Gasteiger partial charge in [-0.15, -0.1) is 0 Å². The van der Waals surface area contributed by atoms with Gasteiger partial charge in [-0.3, -0.25) is 0 Å². The number of aromatic nitrogens is 2. The summed E-state index contributed by atoms with van der Waals surface area (Å²) in [5.41, 5.74) is 2.40. The number of nitriles is 1. The highest BCUT2D eigenvalue weighted by molar-refractivity contribution is 5.95. The lowest BCUT2D eigenvalue weighted by molar-refractivity contribution is -0.132. The van der Waals surface area contributed by atoms with Crippen molar-refractivity contribution < 1.29 is 14.4 Å². The summed E-state index contributed by atoms with van der Waals surface area (Å²) in [5.74, 6) is -1.05. The van der Waals surface area contributed by atoms with Gasteiger partial charge in [-0.25, -0.2) is 4.79 Å². The van der Waals surface area contributed by atoms with Gasteiger partial charge in [0.1, 0.15) is 11.6 Å². The zero-order chi connectivity index (χ0) is 16.9. The predicted molar refractivity (Wildman–Crippen MR) is 86.4 cm³/mol. The Morgan fingerprint density at radius 3 is 2.29 bits per heavy atom. The molecule has 1 aromatic heterocycles. The topological polar surface area (TPSA) is 100 Å². The molecule has 3 rings (SSSR count). The lowest BCUT2D eigenvalue weighted by Crippen LogP contribution is -1.97. The predicted octanol–water partition coefficient (Wildman–Crippen LogP) is 3.40. The van der Waals surface area contributed by atoms with Crippen molar-refractivity contribution in [2.75, 3.05) is 0 Å². The molecule has 0 radical (unpaired) electrons. The van der Waals surface area contributed by atoms with Crippen molar-refractivity contribution in [2.45, 2.75) is 0 Å². The van der Waals surface area contributed by atoms with E-state index in [1.165, 1.54) is 0 Å². The quantitative estimate of drug-likeness (QED) is 0.584. The van der Waals surface area contributed by atoms with Gasteiger partial charge in [0.15, 0.2) is 5.82 Å². The fourth-order valence-corrected chi connectivity index (χ4v) is 2.12. The molecule has 0 bridgehead atoms. The number of hydrogen-bond donors (Lipinski definition) is 1. The van der Waals surface area contributed by atoms with Crippen molar-refractivity contribution in [1.29, 1.82) is 5.26 Å². The van der Waals surface area contributed by atoms with Crippen LogP contribution in [0.25, 0.3) is 28.7 Å². The molecular weight excluding hydrogens is 306 g/mol. The largest absolute Gasteiger partial charge is 0.477 e. The molecule has 0 unspecified atom stereocenters. The maximum Gasteiger partial charge on any atom is 0.346 e. The van der Waals surface area contributed by atoms with E-state index in [-0.39, 0.29) is 11.7 Å². The average Bonchev–Trinajstić information content (AvgIpc) is 3.09. The molecule has 0 atom stereocenters. The Hall–Kier alpha value is -3.72. The van der Waals surface area contributed by atoms with Crippen LogP contribution < -0.4 is 0 Å². The van der Waals surface area contributed by atoms with Crippen LogP contribution in [0.3, 0.4) is 0 Å². The number of carbonyl (C=O) groups is 1. The minimum absolute atomic E-state index is 0.0380. The lowest BCUT2D eigenvalue weighted by atomic mass is 10.0. The molecular formula is C18H11N3O3. The Morgan fingerprint density at radius 2 is 1.67 bits per heavy atom. The molecule has 0 aliphatic carbocycles. The average molecular weight is 317 g/mol. The summed E-state index contributed by atoms with van der Waals surface area (Å²) in [6, 6.07) is 19.0. The van der Waals surface area contributed by atoms with E-state index >= 15 is 0 Å². The molecule has 0 saturated carbocycles. The lowest BCUT2D eigenvalue weighted by Gasteiger charge is -2.01. The third kappa shape index (κ3) is 3.20. The minimum Gasteiger partial charge on any atom is -0.477 e. The fourth-order valence-electron chi connectivity index (χ4n) is 2.12. The first kappa shape index (κ1) is 15.2. The summed E-state index contributed by atoms with van der Waals surface area (Å²) in [5, 5.41) is 21.2. The van der Waals surface area contributed by atoms with Gasteiger partial charge >= 0.3 is 5.97 Å². The number of carboxylic acids is 1. The summed E-state index contributed by atoms with van der Waals surface area (Å²) in [6.07, 6.45) is 1.06. The Labute approximate surface area is 137 Å². The molecule has 6 heteroatoms. The number of nitrogens with zero attached hydrogens (tertiary/aromatic N) is 3. The molecule has 0 fully saturated rings. The van der Waals surface area contributed by atoms with Crippen LogP contribution in [0, 0.1) is 11.3 Å². The second-order valence-electron chi connectivity index (χ2n) is 4.88. The molecule has 2 aromatic carbocycles. The van der Waals surface area contributed by atoms with Crippen molar-refractivity contribution >= 4 is 12.0 Å². The van der Waals surface area contributed by atoms with E-state index in [1.54, 1.807) is 6.07 Å². The van der Waals surface area contributed by atoms with Crippen LogP contribution in [0.1, 0.15) is 5.82 Å². The Balaban J connectivity index is 1.86. The SMILES string of the molecule is N#C/C(=C/c1noc(-c2ccc(-c3ccccc3)cc2)n1)C(=O)O. The molecule has 116 valence electrons. The smallest absolute Gasteiger partial charge is 0.346 e. The first-order valence-electron chi connectivity index (χ1n) is 7.02. The van der Waals surface area contributed by atoms with Crippen LogP contribution in [0.15, 0.2) is 64.7 Å². The number of aliphatic carboxylic acids is 1. The van der Waals surface area contributed by atoms with Gasteiger partial charge in [-0.2, -0.15) is 10.2 Å². The zero-order valence-corrected chi connectivity index (χ0v) is 12.4. The summed E-state index contributed by atoms with van der Waals surface area (Å²) in [7, 11) is 0. The van der Waals surface area contributed by atoms with Crippen molar-refractivity contribution in [3.05, 3.63) is 66.0 Å². The molecule has 3 aromatic rings. The van der Waals surface area contributed by atoms with E-state index in [0.717, 1.165) is 17.2 Å². The molecule has 0 saturated heterocycles. The highest BCUT2D eigenvalue weighted by atomic mass is 16.5. The Morgan fingerprint density at radius 1 is 1.04 bits per heavy atom. The monoisotopic (exact) mass is 317 g/mol. The van der Waals surface area contributed by atoms with E-state index in [2.05, 4.69) is 10.1 Å². The minimum atomic E-state index is -1.34. The number of rotatable bonds is 4. The number of benzene rings is 2. The summed E-state index contributed by atoms with van der Waals surface area (Å²) < 4.78 is 5.11. The van der Waals surface area contributed by atoms with Gasteiger partial charge in [0, 0.05) is 11.6 Å². The van der Waals surface area contributed by atoms with E-state index in [1.807, 2.05) is 54.6 Å². The standard InChI is InChI=1S/C18H11N3O3/c19-11-15(18(22)23)10-16-20-17(24-21-16)14-8-6-13(7-9-14)12-4-2-1-3-5-12/h1-10H,(H,22,23)/b15-10-. The molecule has 24 heavy (non-hydrogen) atoms. The van der Waals surface area contributed by atoms with Crippen LogP contribution in [0.2, 0.25) is 0 Å². The fraction of sp³-hybridized carbons (Fsp3) is 0. The highest BCUT2D eigenvalue weighted by Crippen LogP contribution is 2.24. The molecule has 1 N–H and O–H groups in total. The van der Waals surface area contributed by atoms with Crippen LogP contribution in [0.5, 0.6) is 0 Å². The van der Waals surface area contributed by atoms with Gasteiger partial charge in [0.05, 0.1) is 0 Å². The Kier molecular flexibility index (Phi) is 4.17. The normalized spacial score (nSPS) is 11.0. The molecule has 1 heterocycles. The first-order chi connectivity index (χ1) is 11.7. The molecule has 0 aliphatic heterocycles. The Bertz CT molecular complexity index is 936. The molecule has 0 amide bonds. The van der Waals surface area contributed by atoms with Crippen LogP contribution >= 0.6 is 0 Å². The van der Waals surface area contributed by atoms with Crippen LogP contribution in [-0.2, 0) is 4.79 Å². The summed E-state index contributed by atoms with van der Waals surface area (Å²) in [4.78, 5) is 14.9. The van der Waals surface area contributed by atoms with E-state index < -0.39 is 11.5 Å². The van der Waals surface area contributed by atoms with Crippen molar-refractivity contribution in [1.82, 2.24) is 10.1 Å². The van der Waals surface area contributed by atoms with Gasteiger partial charge in [-0.1, -0.05) is 47.6 Å². The van der Waals surface area contributed by atoms with Crippen molar-refractivity contribution in [2.24, 2.45) is 0 Å². The maximum atomic E-state index is 10.8. The van der Waals surface area contributed by atoms with E-state index in [4.69, 9.17) is 14.9 Å². The molecule has 0 aliphatic rings. The summed E-state index contributed by atoms with van der Waals surface area (Å²) in [6.45, 7) is 0. The highest BCUT2D eigenvalue weighted by Gasteiger charge is 2.11. The number of hydrogen-bond acceptors (Lipinski definition) is 5. The van der Waals surface area contributed by atoms with Crippen LogP contribution in [0.4, 0.5) is 0 Å². The first-order valence-corrected chi connectivity index (χ1v) is 7.02. The van der Waals surface area contributed by atoms with Crippen molar-refractivity contribution in [3.63, 3.8) is 0 Å². The maximum absolute atomic E-state index is 10.8. The van der Waals surface area contributed by atoms with Crippen molar-refractivity contribution in [3.8, 4) is 28.7 Å². The van der Waals surface area contributed by atoms with E-state index in [9.17, 15) is 4.79 Å². The van der Waals surface area contributed by atoms with Gasteiger partial charge in [0.2, 0.25) is 0 Å². The third-order valence-electron chi connectivity index (χ3n) is 3.31. The van der Waals surface area contributed by atoms with Crippen LogP contribution in [-0.4, -0.2) is 21.2 Å². The second kappa shape index (κ2) is 6.58. The summed E-state index contributed by atoms with van der Waals surface area (Å²) >= 11 is 0. The second-order valence-corrected chi connectivity index (χ2v) is 4.88. The van der Waals surface area contributed by atoms with Gasteiger partial charge in [0.25, 0.3) is 5.89 Å². The third-order valence-corrected chi connectivity index (χ3v) is 3.31.